The number of para-hydroxylation sites is 1. The molecule has 0 bridgehead atoms. The summed E-state index contributed by atoms with van der Waals surface area (Å²) in [4.78, 5) is 53.4. The predicted octanol–water partition coefficient (Wildman–Crippen LogP) is 0.131. The van der Waals surface area contributed by atoms with Crippen molar-refractivity contribution < 1.29 is 43.7 Å². The third-order valence-electron chi connectivity index (χ3n) is 5.32. The molecule has 244 valence electrons. The zero-order valence-corrected chi connectivity index (χ0v) is 24.2. The molecular weight excluding hydrogens is 594 g/mol. The Morgan fingerprint density at radius 2 is 1.60 bits per heavy atom. The molecule has 17 heteroatoms. The first-order valence-electron chi connectivity index (χ1n) is 13.3. The number of benzene rings is 2. The fourth-order valence-electron chi connectivity index (χ4n) is 3.21. The summed E-state index contributed by atoms with van der Waals surface area (Å²) in [6, 6.07) is 17.2. The molecule has 1 amide bonds. The summed E-state index contributed by atoms with van der Waals surface area (Å²) in [5.74, 6) is -3.24. The molecular formula is C28H37N7O10. The monoisotopic (exact) mass is 631 g/mol. The second kappa shape index (κ2) is 21.2. The van der Waals surface area contributed by atoms with E-state index in [1.807, 2.05) is 42.5 Å². The highest BCUT2D eigenvalue weighted by molar-refractivity contribution is 5.77. The second-order valence-corrected chi connectivity index (χ2v) is 8.88. The molecule has 12 N–H and O–H groups in total. The van der Waals surface area contributed by atoms with Gasteiger partial charge in [0, 0.05) is 18.5 Å². The third-order valence-corrected chi connectivity index (χ3v) is 5.32. The summed E-state index contributed by atoms with van der Waals surface area (Å²) < 4.78 is 9.98. The highest BCUT2D eigenvalue weighted by Gasteiger charge is 2.16. The number of carboxylic acids is 3. The van der Waals surface area contributed by atoms with Crippen LogP contribution in [0.15, 0.2) is 69.9 Å². The first kappa shape index (κ1) is 37.5. The van der Waals surface area contributed by atoms with Crippen molar-refractivity contribution in [3.8, 4) is 0 Å². The van der Waals surface area contributed by atoms with Gasteiger partial charge in [0.2, 0.25) is 0 Å². The van der Waals surface area contributed by atoms with Gasteiger partial charge in [0.1, 0.15) is 24.8 Å². The number of hydrogen-bond acceptors (Lipinski definition) is 11. The van der Waals surface area contributed by atoms with Crippen molar-refractivity contribution >= 4 is 40.9 Å². The molecule has 0 aliphatic rings. The van der Waals surface area contributed by atoms with E-state index < -0.39 is 42.2 Å². The van der Waals surface area contributed by atoms with Crippen LogP contribution in [-0.4, -0.2) is 71.0 Å². The maximum atomic E-state index is 11.9. The summed E-state index contributed by atoms with van der Waals surface area (Å²) in [5.41, 5.74) is 16.5. The minimum atomic E-state index is -1.10. The Balaban J connectivity index is 0.000000427. The van der Waals surface area contributed by atoms with Crippen LogP contribution in [0.1, 0.15) is 24.0 Å². The average Bonchev–Trinajstić information content (AvgIpc) is 3.01. The van der Waals surface area contributed by atoms with Gasteiger partial charge in [0.05, 0.1) is 12.1 Å². The topological polar surface area (TPSA) is 292 Å². The molecule has 2 aromatic carbocycles. The van der Waals surface area contributed by atoms with Crippen molar-refractivity contribution in [1.29, 1.82) is 5.41 Å². The minimum Gasteiger partial charge on any atom is -0.480 e. The van der Waals surface area contributed by atoms with E-state index in [4.69, 9.17) is 30.5 Å². The summed E-state index contributed by atoms with van der Waals surface area (Å²) in [7, 11) is 0. The number of alkyl carbamates (subject to hydrolysis) is 1. The average molecular weight is 632 g/mol. The van der Waals surface area contributed by atoms with Crippen molar-refractivity contribution in [1.82, 2.24) is 21.5 Å². The summed E-state index contributed by atoms with van der Waals surface area (Å²) in [6.45, 7) is -0.0440. The van der Waals surface area contributed by atoms with Crippen molar-refractivity contribution in [3.63, 3.8) is 0 Å². The zero-order valence-electron chi connectivity index (χ0n) is 24.2. The van der Waals surface area contributed by atoms with E-state index in [1.165, 1.54) is 0 Å². The number of fused-ring (bicyclic) bond motifs is 1. The smallest absolute Gasteiger partial charge is 0.407 e. The number of ether oxygens (including phenoxy) is 1. The van der Waals surface area contributed by atoms with Gasteiger partial charge in [-0.2, -0.15) is 0 Å². The van der Waals surface area contributed by atoms with Crippen molar-refractivity contribution in [2.45, 2.75) is 32.0 Å². The number of aliphatic carboxylic acids is 3. The van der Waals surface area contributed by atoms with Crippen LogP contribution in [0.3, 0.4) is 0 Å². The summed E-state index contributed by atoms with van der Waals surface area (Å²) >= 11 is 0. The van der Waals surface area contributed by atoms with Gasteiger partial charge in [-0.05, 0) is 30.5 Å². The molecule has 0 spiro atoms. The van der Waals surface area contributed by atoms with E-state index >= 15 is 0 Å². The number of amides is 1. The van der Waals surface area contributed by atoms with Crippen LogP contribution in [-0.2, 0) is 32.3 Å². The lowest BCUT2D eigenvalue weighted by atomic mass is 10.1. The molecule has 0 radical (unpaired) electrons. The zero-order chi connectivity index (χ0) is 33.6. The van der Waals surface area contributed by atoms with Gasteiger partial charge in [0.15, 0.2) is 5.96 Å². The molecule has 0 saturated carbocycles. The molecule has 3 rings (SSSR count). The minimum absolute atomic E-state index is 0.128. The van der Waals surface area contributed by atoms with Crippen LogP contribution in [0.5, 0.6) is 0 Å². The molecule has 1 atom stereocenters. The van der Waals surface area contributed by atoms with Crippen LogP contribution in [0, 0.1) is 5.41 Å². The lowest BCUT2D eigenvalue weighted by molar-refractivity contribution is -0.140. The molecule has 1 aromatic heterocycles. The Hall–Kier alpha value is -5.52. The number of carbonyl (C=O) groups is 4. The number of hydrogen-bond donors (Lipinski definition) is 10. The molecule has 3 aromatic rings. The van der Waals surface area contributed by atoms with Crippen molar-refractivity contribution in [3.05, 3.63) is 82.2 Å². The Bertz CT molecular complexity index is 1450. The number of carboxylic acid groups (broad SMARTS) is 3. The maximum Gasteiger partial charge on any atom is 0.407 e. The molecule has 0 saturated heterocycles. The van der Waals surface area contributed by atoms with Crippen molar-refractivity contribution in [2.24, 2.45) is 11.5 Å². The third kappa shape index (κ3) is 17.3. The molecule has 17 nitrogen and oxygen atoms in total. The quantitative estimate of drug-likeness (QED) is 0.0372. The van der Waals surface area contributed by atoms with Crippen LogP contribution in [0.4, 0.5) is 4.79 Å². The first-order chi connectivity index (χ1) is 21.4. The van der Waals surface area contributed by atoms with Gasteiger partial charge < -0.3 is 46.6 Å². The second-order valence-electron chi connectivity index (χ2n) is 8.88. The van der Waals surface area contributed by atoms with Crippen LogP contribution in [0.2, 0.25) is 0 Å². The van der Waals surface area contributed by atoms with Crippen LogP contribution >= 0.6 is 0 Å². The standard InChI is InChI=1S/C16H21N5O4.C10H11NO4.C2H5NO2/c17-16(18)19-7-3-5-12(14(22)23)21-20-9-11-8-10-4-1-2-6-13(10)25-15(11)24;12-9(13)6-11-10(14)15-7-8-4-2-1-3-5-8;3-1-2(4)5/h1-2,4,6,8,12,20-21H,3,5,7,9H2,(H,22,23)(H4,17,18,19);1-5H,6-7H2,(H,11,14)(H,12,13);1,3H2,(H,4,5)/t12-;;/m0../s1. The molecule has 45 heavy (non-hydrogen) atoms. The summed E-state index contributed by atoms with van der Waals surface area (Å²) in [6.07, 6.45) is 0.111. The van der Waals surface area contributed by atoms with E-state index in [2.05, 4.69) is 27.2 Å². The largest absolute Gasteiger partial charge is 0.480 e. The molecule has 0 aliphatic carbocycles. The van der Waals surface area contributed by atoms with Gasteiger partial charge in [-0.25, -0.2) is 15.0 Å². The molecule has 0 fully saturated rings. The van der Waals surface area contributed by atoms with Gasteiger partial charge in [-0.1, -0.05) is 48.5 Å². The first-order valence-corrected chi connectivity index (χ1v) is 13.3. The number of guanidine groups is 1. The van der Waals surface area contributed by atoms with E-state index in [0.29, 0.717) is 30.5 Å². The molecule has 0 unspecified atom stereocenters. The van der Waals surface area contributed by atoms with Gasteiger partial charge >= 0.3 is 29.6 Å². The highest BCUT2D eigenvalue weighted by atomic mass is 16.5. The van der Waals surface area contributed by atoms with E-state index in [-0.39, 0.29) is 25.7 Å². The van der Waals surface area contributed by atoms with E-state index in [9.17, 15) is 29.1 Å². The predicted molar refractivity (Wildman–Crippen MR) is 162 cm³/mol. The Kier molecular flexibility index (Phi) is 17.7. The van der Waals surface area contributed by atoms with Gasteiger partial charge in [-0.3, -0.25) is 25.2 Å². The SMILES string of the molecule is N=C(N)NCCC[C@H](NNCc1cc2ccccc2oc1=O)C(=O)O.NCC(=O)O.O=C(O)CNC(=O)OCc1ccccc1. The van der Waals surface area contributed by atoms with Gasteiger partial charge in [-0.15, -0.1) is 0 Å². The van der Waals surface area contributed by atoms with Crippen molar-refractivity contribution in [2.75, 3.05) is 19.6 Å². The normalized spacial score (nSPS) is 10.6. The molecule has 1 heterocycles. The number of hydrazine groups is 1. The van der Waals surface area contributed by atoms with E-state index in [1.54, 1.807) is 18.2 Å². The fourth-order valence-corrected chi connectivity index (χ4v) is 3.21. The summed E-state index contributed by atoms with van der Waals surface area (Å²) in [5, 5.41) is 37.6. The van der Waals surface area contributed by atoms with Gasteiger partial charge in [0.25, 0.3) is 0 Å². The number of nitrogens with one attached hydrogen (secondary N) is 5. The van der Waals surface area contributed by atoms with Crippen LogP contribution < -0.4 is 38.6 Å². The Morgan fingerprint density at radius 1 is 0.956 bits per heavy atom. The van der Waals surface area contributed by atoms with E-state index in [0.717, 1.165) is 10.9 Å². The number of carbonyl (C=O) groups excluding carboxylic acids is 1. The Morgan fingerprint density at radius 3 is 2.20 bits per heavy atom. The lowest BCUT2D eigenvalue weighted by Crippen LogP contribution is -2.46. The maximum absolute atomic E-state index is 11.9. The lowest BCUT2D eigenvalue weighted by Gasteiger charge is -2.15. The number of nitrogens with two attached hydrogens (primary N) is 2. The fraction of sp³-hybridized carbons (Fsp3) is 0.286. The highest BCUT2D eigenvalue weighted by Crippen LogP contribution is 2.12. The van der Waals surface area contributed by atoms with Crippen LogP contribution in [0.25, 0.3) is 11.0 Å². The molecule has 0 aliphatic heterocycles. The Labute approximate surface area is 257 Å². The number of rotatable bonds is 14.